The van der Waals surface area contributed by atoms with Crippen LogP contribution < -0.4 is 5.32 Å². The molecule has 2 aromatic rings. The molecule has 0 fully saturated rings. The van der Waals surface area contributed by atoms with Gasteiger partial charge in [0.2, 0.25) is 0 Å². The van der Waals surface area contributed by atoms with Crippen molar-refractivity contribution in [3.8, 4) is 0 Å². The summed E-state index contributed by atoms with van der Waals surface area (Å²) < 4.78 is 0. The lowest BCUT2D eigenvalue weighted by Crippen LogP contribution is -2.16. The van der Waals surface area contributed by atoms with Crippen molar-refractivity contribution >= 4 is 22.7 Å². The van der Waals surface area contributed by atoms with Crippen LogP contribution in [0.4, 0.5) is 0 Å². The number of nitrogens with zero attached hydrogens (tertiary/aromatic N) is 1. The van der Waals surface area contributed by atoms with Crippen LogP contribution in [0.15, 0.2) is 18.3 Å². The first-order chi connectivity index (χ1) is 7.65. The van der Waals surface area contributed by atoms with Gasteiger partial charge in [-0.3, -0.25) is 0 Å². The fourth-order valence-electron chi connectivity index (χ4n) is 1.51. The van der Waals surface area contributed by atoms with Gasteiger partial charge < -0.3 is 5.32 Å². The minimum absolute atomic E-state index is 0.405. The van der Waals surface area contributed by atoms with Gasteiger partial charge in [0.05, 0.1) is 0 Å². The second kappa shape index (κ2) is 5.08. The minimum atomic E-state index is 0.405. The zero-order chi connectivity index (χ0) is 11.5. The average molecular weight is 252 g/mol. The summed E-state index contributed by atoms with van der Waals surface area (Å²) in [6.45, 7) is 7.29. The SMILES string of the molecule is Cc1ccc(C(C)NCc2ncc(C)s2)s1. The molecule has 0 saturated carbocycles. The van der Waals surface area contributed by atoms with Crippen LogP contribution in [-0.2, 0) is 6.54 Å². The summed E-state index contributed by atoms with van der Waals surface area (Å²) in [5.74, 6) is 0. The third-order valence-corrected chi connectivity index (χ3v) is 4.51. The summed E-state index contributed by atoms with van der Waals surface area (Å²) >= 11 is 3.62. The van der Waals surface area contributed by atoms with E-state index in [1.165, 1.54) is 14.6 Å². The van der Waals surface area contributed by atoms with Crippen molar-refractivity contribution < 1.29 is 0 Å². The van der Waals surface area contributed by atoms with Gasteiger partial charge in [0.1, 0.15) is 5.01 Å². The average Bonchev–Trinajstić information content (AvgIpc) is 2.84. The number of aromatic nitrogens is 1. The summed E-state index contributed by atoms with van der Waals surface area (Å²) in [5.41, 5.74) is 0. The predicted octanol–water partition coefficient (Wildman–Crippen LogP) is 3.67. The molecule has 86 valence electrons. The van der Waals surface area contributed by atoms with E-state index in [-0.39, 0.29) is 0 Å². The van der Waals surface area contributed by atoms with Gasteiger partial charge in [0.25, 0.3) is 0 Å². The third kappa shape index (κ3) is 2.90. The van der Waals surface area contributed by atoms with Gasteiger partial charge in [-0.05, 0) is 32.9 Å². The molecule has 0 bridgehead atoms. The zero-order valence-electron chi connectivity index (χ0n) is 9.78. The topological polar surface area (TPSA) is 24.9 Å². The molecule has 2 aromatic heterocycles. The van der Waals surface area contributed by atoms with Crippen LogP contribution in [0, 0.1) is 13.8 Å². The van der Waals surface area contributed by atoms with Crippen LogP contribution in [0.3, 0.4) is 0 Å². The lowest BCUT2D eigenvalue weighted by molar-refractivity contribution is 0.581. The van der Waals surface area contributed by atoms with E-state index in [2.05, 4.69) is 43.2 Å². The molecule has 0 aliphatic heterocycles. The van der Waals surface area contributed by atoms with Crippen LogP contribution in [-0.4, -0.2) is 4.98 Å². The second-order valence-corrected chi connectivity index (χ2v) is 6.55. The summed E-state index contributed by atoms with van der Waals surface area (Å²) in [4.78, 5) is 8.38. The molecule has 1 atom stereocenters. The quantitative estimate of drug-likeness (QED) is 0.898. The van der Waals surface area contributed by atoms with E-state index < -0.39 is 0 Å². The first kappa shape index (κ1) is 11.8. The van der Waals surface area contributed by atoms with Crippen molar-refractivity contribution in [1.29, 1.82) is 0 Å². The van der Waals surface area contributed by atoms with Crippen molar-refractivity contribution in [2.24, 2.45) is 0 Å². The van der Waals surface area contributed by atoms with Crippen LogP contribution in [0.2, 0.25) is 0 Å². The highest BCUT2D eigenvalue weighted by atomic mass is 32.1. The Kier molecular flexibility index (Phi) is 3.74. The van der Waals surface area contributed by atoms with Crippen molar-refractivity contribution in [3.63, 3.8) is 0 Å². The smallest absolute Gasteiger partial charge is 0.107 e. The molecule has 0 radical (unpaired) electrons. The molecular formula is C12H16N2S2. The number of thiazole rings is 1. The van der Waals surface area contributed by atoms with E-state index in [4.69, 9.17) is 0 Å². The van der Waals surface area contributed by atoms with E-state index in [0.717, 1.165) is 11.6 Å². The maximum atomic E-state index is 4.35. The van der Waals surface area contributed by atoms with E-state index in [1.54, 1.807) is 11.3 Å². The van der Waals surface area contributed by atoms with E-state index >= 15 is 0 Å². The maximum Gasteiger partial charge on any atom is 0.107 e. The third-order valence-electron chi connectivity index (χ3n) is 2.42. The molecule has 1 N–H and O–H groups in total. The molecule has 0 spiro atoms. The fourth-order valence-corrected chi connectivity index (χ4v) is 3.15. The Hall–Kier alpha value is -0.710. The Morgan fingerprint density at radius 3 is 2.62 bits per heavy atom. The highest BCUT2D eigenvalue weighted by Gasteiger charge is 2.07. The number of hydrogen-bond acceptors (Lipinski definition) is 4. The maximum absolute atomic E-state index is 4.35. The Balaban J connectivity index is 1.91. The highest BCUT2D eigenvalue weighted by Crippen LogP contribution is 2.22. The Morgan fingerprint density at radius 1 is 1.25 bits per heavy atom. The van der Waals surface area contributed by atoms with Gasteiger partial charge in [-0.2, -0.15) is 0 Å². The molecule has 4 heteroatoms. The van der Waals surface area contributed by atoms with Crippen molar-refractivity contribution in [2.75, 3.05) is 0 Å². The fraction of sp³-hybridized carbons (Fsp3) is 0.417. The summed E-state index contributed by atoms with van der Waals surface area (Å²) in [7, 11) is 0. The molecular weight excluding hydrogens is 236 g/mol. The van der Waals surface area contributed by atoms with Gasteiger partial charge >= 0.3 is 0 Å². The molecule has 2 nitrogen and oxygen atoms in total. The molecule has 0 aliphatic rings. The van der Waals surface area contributed by atoms with E-state index in [9.17, 15) is 0 Å². The van der Waals surface area contributed by atoms with Gasteiger partial charge in [-0.25, -0.2) is 4.98 Å². The molecule has 0 aliphatic carbocycles. The first-order valence-corrected chi connectivity index (χ1v) is 6.99. The lowest BCUT2D eigenvalue weighted by atomic mass is 10.3. The summed E-state index contributed by atoms with van der Waals surface area (Å²) in [6, 6.07) is 4.78. The molecule has 2 heterocycles. The highest BCUT2D eigenvalue weighted by molar-refractivity contribution is 7.12. The minimum Gasteiger partial charge on any atom is -0.303 e. The van der Waals surface area contributed by atoms with Crippen LogP contribution in [0.5, 0.6) is 0 Å². The van der Waals surface area contributed by atoms with Crippen molar-refractivity contribution in [3.05, 3.63) is 38.0 Å². The zero-order valence-corrected chi connectivity index (χ0v) is 11.4. The summed E-state index contributed by atoms with van der Waals surface area (Å²) in [6.07, 6.45) is 1.93. The van der Waals surface area contributed by atoms with Crippen LogP contribution >= 0.6 is 22.7 Å². The van der Waals surface area contributed by atoms with Crippen LogP contribution in [0.1, 0.15) is 32.6 Å². The van der Waals surface area contributed by atoms with Gasteiger partial charge in [0, 0.05) is 33.4 Å². The Bertz CT molecular complexity index is 459. The first-order valence-electron chi connectivity index (χ1n) is 5.36. The molecule has 0 amide bonds. The van der Waals surface area contributed by atoms with Gasteiger partial charge in [-0.1, -0.05) is 0 Å². The Morgan fingerprint density at radius 2 is 2.06 bits per heavy atom. The Labute approximate surface area is 104 Å². The lowest BCUT2D eigenvalue weighted by Gasteiger charge is -2.10. The molecule has 2 rings (SSSR count). The van der Waals surface area contributed by atoms with Crippen molar-refractivity contribution in [2.45, 2.75) is 33.4 Å². The van der Waals surface area contributed by atoms with Crippen molar-refractivity contribution in [1.82, 2.24) is 10.3 Å². The second-order valence-electron chi connectivity index (χ2n) is 3.92. The monoisotopic (exact) mass is 252 g/mol. The number of nitrogens with one attached hydrogen (secondary N) is 1. The van der Waals surface area contributed by atoms with Crippen LogP contribution in [0.25, 0.3) is 0 Å². The number of aryl methyl sites for hydroxylation is 2. The normalized spacial score (nSPS) is 12.9. The standard InChI is InChI=1S/C12H16N2S2/c1-8-4-5-11(15-8)10(3)13-7-12-14-6-9(2)16-12/h4-6,10,13H,7H2,1-3H3. The predicted molar refractivity (Wildman–Crippen MR) is 71.2 cm³/mol. The molecule has 1 unspecified atom stereocenters. The number of rotatable bonds is 4. The largest absolute Gasteiger partial charge is 0.303 e. The van der Waals surface area contributed by atoms with E-state index in [1.807, 2.05) is 17.5 Å². The molecule has 0 aromatic carbocycles. The molecule has 0 saturated heterocycles. The molecule has 16 heavy (non-hydrogen) atoms. The number of hydrogen-bond donors (Lipinski definition) is 1. The van der Waals surface area contributed by atoms with Gasteiger partial charge in [-0.15, -0.1) is 22.7 Å². The number of thiophene rings is 1. The van der Waals surface area contributed by atoms with Gasteiger partial charge in [0.15, 0.2) is 0 Å². The summed E-state index contributed by atoms with van der Waals surface area (Å²) in [5, 5.41) is 4.66. The van der Waals surface area contributed by atoms with E-state index in [0.29, 0.717) is 6.04 Å².